The van der Waals surface area contributed by atoms with Crippen molar-refractivity contribution in [3.63, 3.8) is 0 Å². The van der Waals surface area contributed by atoms with Crippen molar-refractivity contribution in [3.8, 4) is 0 Å². The molecule has 0 unspecified atom stereocenters. The molecular formula is C27H41Si3Sn. The SMILES string of the molecule is [CH2][Si](C)(C)c1ccccc1.[CH2][Si](C)(C)c1ccccc1.[CH2][Si](C)(C)c1ccccc1.[HH].[Sn]. The van der Waals surface area contributed by atoms with Crippen LogP contribution in [0, 0.1) is 19.6 Å². The fraction of sp³-hybridized carbons (Fsp3) is 0.222. The molecule has 0 amide bonds. The molecule has 7 radical (unpaired) electrons. The zero-order valence-electron chi connectivity index (χ0n) is 20.3. The molecule has 3 aromatic carbocycles. The Kier molecular flexibility index (Phi) is 13.2. The first-order valence-corrected chi connectivity index (χ1v) is 20.2. The van der Waals surface area contributed by atoms with E-state index in [0.717, 1.165) is 0 Å². The summed E-state index contributed by atoms with van der Waals surface area (Å²) in [6, 6.07) is 31.6. The minimum Gasteiger partial charge on any atom is -0.0654 e. The van der Waals surface area contributed by atoms with Crippen LogP contribution < -0.4 is 15.6 Å². The number of hydrogen-bond donors (Lipinski definition) is 0. The fourth-order valence-corrected chi connectivity index (χ4v) is 5.95. The van der Waals surface area contributed by atoms with Crippen molar-refractivity contribution < 1.29 is 1.43 Å². The third-order valence-electron chi connectivity index (χ3n) is 4.67. The van der Waals surface area contributed by atoms with Gasteiger partial charge < -0.3 is 0 Å². The van der Waals surface area contributed by atoms with Gasteiger partial charge in [0.05, 0.1) is 24.2 Å². The monoisotopic (exact) mass is 569 g/mol. The molecule has 0 bridgehead atoms. The van der Waals surface area contributed by atoms with Gasteiger partial charge in [0.2, 0.25) is 0 Å². The van der Waals surface area contributed by atoms with Crippen molar-refractivity contribution in [2.45, 2.75) is 39.3 Å². The van der Waals surface area contributed by atoms with Gasteiger partial charge >= 0.3 is 0 Å². The van der Waals surface area contributed by atoms with Crippen LogP contribution in [0.3, 0.4) is 0 Å². The van der Waals surface area contributed by atoms with E-state index in [1.54, 1.807) is 0 Å². The van der Waals surface area contributed by atoms with E-state index < -0.39 is 24.2 Å². The first-order valence-electron chi connectivity index (χ1n) is 10.5. The van der Waals surface area contributed by atoms with E-state index in [9.17, 15) is 0 Å². The summed E-state index contributed by atoms with van der Waals surface area (Å²) in [4.78, 5) is 0. The Morgan fingerprint density at radius 1 is 0.419 bits per heavy atom. The molecule has 0 fully saturated rings. The molecular weight excluding hydrogens is 527 g/mol. The van der Waals surface area contributed by atoms with Crippen LogP contribution in [0.25, 0.3) is 0 Å². The number of rotatable bonds is 3. The first-order chi connectivity index (χ1) is 13.8. The van der Waals surface area contributed by atoms with Crippen molar-refractivity contribution in [2.24, 2.45) is 0 Å². The molecule has 0 N–H and O–H groups in total. The molecule has 0 atom stereocenters. The van der Waals surface area contributed by atoms with Gasteiger partial charge in [0, 0.05) is 25.3 Å². The third kappa shape index (κ3) is 12.7. The normalized spacial score (nSPS) is 11.1. The van der Waals surface area contributed by atoms with Gasteiger partial charge in [-0.25, -0.2) is 0 Å². The topological polar surface area (TPSA) is 0 Å². The Bertz CT molecular complexity index is 718. The standard InChI is InChI=1S/3C9H13Si.Sn.H2/c3*1-10(2,3)9-7-5-4-6-8-9;;/h3*4-8H,1H2,2-3H3;;1H. The van der Waals surface area contributed by atoms with Gasteiger partial charge in [-0.05, 0) is 0 Å². The zero-order chi connectivity index (χ0) is 22.8. The molecule has 0 saturated carbocycles. The van der Waals surface area contributed by atoms with Gasteiger partial charge in [0.1, 0.15) is 0 Å². The van der Waals surface area contributed by atoms with Gasteiger partial charge in [-0.1, -0.05) is 165 Å². The van der Waals surface area contributed by atoms with Gasteiger partial charge in [0.15, 0.2) is 0 Å². The van der Waals surface area contributed by atoms with Crippen molar-refractivity contribution in [2.75, 3.05) is 0 Å². The molecule has 3 rings (SSSR count). The molecule has 3 aromatic rings. The van der Waals surface area contributed by atoms with Crippen LogP contribution in [-0.2, 0) is 0 Å². The first kappa shape index (κ1) is 30.1. The van der Waals surface area contributed by atoms with Gasteiger partial charge in [-0.15, -0.1) is 0 Å². The van der Waals surface area contributed by atoms with Crippen molar-refractivity contribution >= 4 is 63.7 Å². The van der Waals surface area contributed by atoms with Crippen molar-refractivity contribution in [1.29, 1.82) is 0 Å². The summed E-state index contributed by atoms with van der Waals surface area (Å²) in [5.74, 6) is 0. The van der Waals surface area contributed by atoms with Crippen LogP contribution in [0.4, 0.5) is 0 Å². The summed E-state index contributed by atoms with van der Waals surface area (Å²) < 4.78 is 0. The molecule has 0 nitrogen and oxygen atoms in total. The number of hydrogen-bond acceptors (Lipinski definition) is 0. The van der Waals surface area contributed by atoms with E-state index in [1.165, 1.54) is 15.6 Å². The van der Waals surface area contributed by atoms with Crippen LogP contribution in [0.1, 0.15) is 1.43 Å². The minimum absolute atomic E-state index is 0. The summed E-state index contributed by atoms with van der Waals surface area (Å²) in [5, 5.41) is 4.28. The molecule has 0 aromatic heterocycles. The second-order valence-corrected chi connectivity index (χ2v) is 22.8. The molecule has 165 valence electrons. The Hall–Kier alpha value is -0.891. The Morgan fingerprint density at radius 2 is 0.581 bits per heavy atom. The van der Waals surface area contributed by atoms with E-state index in [-0.39, 0.29) is 25.3 Å². The zero-order valence-corrected chi connectivity index (χ0v) is 26.1. The Balaban J connectivity index is 0. The Labute approximate surface area is 214 Å². The summed E-state index contributed by atoms with van der Waals surface area (Å²) in [6.07, 6.45) is 0. The molecule has 0 aliphatic rings. The second kappa shape index (κ2) is 13.6. The van der Waals surface area contributed by atoms with E-state index in [2.05, 4.69) is 132 Å². The third-order valence-corrected chi connectivity index (χ3v) is 10.4. The summed E-state index contributed by atoms with van der Waals surface area (Å²) >= 11 is 0. The van der Waals surface area contributed by atoms with E-state index >= 15 is 0 Å². The quantitative estimate of drug-likeness (QED) is 0.351. The van der Waals surface area contributed by atoms with Crippen LogP contribution >= 0.6 is 0 Å². The largest absolute Gasteiger partial charge is 0.0803 e. The van der Waals surface area contributed by atoms with Crippen LogP contribution in [-0.4, -0.2) is 48.1 Å². The molecule has 0 spiro atoms. The molecule has 0 heterocycles. The summed E-state index contributed by atoms with van der Waals surface area (Å²) in [6.45, 7) is 26.1. The predicted octanol–water partition coefficient (Wildman–Crippen LogP) is 5.79. The van der Waals surface area contributed by atoms with Crippen LogP contribution in [0.5, 0.6) is 0 Å². The molecule has 0 saturated heterocycles. The average molecular weight is 569 g/mol. The summed E-state index contributed by atoms with van der Waals surface area (Å²) in [7, 11) is -3.85. The molecule has 0 aliphatic carbocycles. The van der Waals surface area contributed by atoms with Gasteiger partial charge in [-0.3, -0.25) is 0 Å². The average Bonchev–Trinajstić information content (AvgIpc) is 2.69. The molecule has 4 heteroatoms. The predicted molar refractivity (Wildman–Crippen MR) is 155 cm³/mol. The maximum Gasteiger partial charge on any atom is 0.0803 e. The fourth-order valence-electron chi connectivity index (χ4n) is 2.67. The minimum atomic E-state index is -1.28. The Morgan fingerprint density at radius 3 is 0.677 bits per heavy atom. The maximum atomic E-state index is 4.18. The van der Waals surface area contributed by atoms with E-state index in [4.69, 9.17) is 0 Å². The molecule has 0 aliphatic heterocycles. The van der Waals surface area contributed by atoms with Gasteiger partial charge in [0.25, 0.3) is 0 Å². The van der Waals surface area contributed by atoms with E-state index in [0.29, 0.717) is 0 Å². The maximum absolute atomic E-state index is 4.18. The van der Waals surface area contributed by atoms with Crippen LogP contribution in [0.15, 0.2) is 91.0 Å². The van der Waals surface area contributed by atoms with E-state index in [1.807, 2.05) is 18.2 Å². The van der Waals surface area contributed by atoms with Crippen molar-refractivity contribution in [3.05, 3.63) is 111 Å². The molecule has 31 heavy (non-hydrogen) atoms. The number of benzene rings is 3. The smallest absolute Gasteiger partial charge is 0.0654 e. The summed E-state index contributed by atoms with van der Waals surface area (Å²) in [5.41, 5.74) is 0. The van der Waals surface area contributed by atoms with Gasteiger partial charge in [-0.2, -0.15) is 0 Å². The van der Waals surface area contributed by atoms with Crippen molar-refractivity contribution in [1.82, 2.24) is 0 Å². The van der Waals surface area contributed by atoms with Crippen LogP contribution in [0.2, 0.25) is 39.3 Å². The second-order valence-electron chi connectivity index (χ2n) is 9.75.